The number of carbonyl (C=O) groups is 2. The molecule has 0 aliphatic carbocycles. The average Bonchev–Trinajstić information content (AvgIpc) is 3.35. The Labute approximate surface area is 226 Å². The molecule has 0 saturated carbocycles. The zero-order valence-corrected chi connectivity index (χ0v) is 22.4. The van der Waals surface area contributed by atoms with Crippen molar-refractivity contribution in [2.24, 2.45) is 0 Å². The van der Waals surface area contributed by atoms with Gasteiger partial charge < -0.3 is 14.4 Å². The number of nitrogens with one attached hydrogen (secondary N) is 1. The highest BCUT2D eigenvalue weighted by Gasteiger charge is 2.24. The second kappa shape index (κ2) is 11.8. The molecule has 0 unspecified atom stereocenters. The predicted octanol–water partition coefficient (Wildman–Crippen LogP) is 5.70. The first-order chi connectivity index (χ1) is 18.3. The number of nitrogens with zero attached hydrogens (tertiary/aromatic N) is 3. The van der Waals surface area contributed by atoms with Gasteiger partial charge in [0.25, 0.3) is 5.91 Å². The zero-order chi connectivity index (χ0) is 27.2. The third-order valence-corrected chi connectivity index (χ3v) is 6.31. The highest BCUT2D eigenvalue weighted by Crippen LogP contribution is 2.28. The molecule has 1 aromatic heterocycles. The molecule has 196 valence electrons. The van der Waals surface area contributed by atoms with Gasteiger partial charge in [-0.2, -0.15) is 0 Å². The Bertz CT molecular complexity index is 1430. The summed E-state index contributed by atoms with van der Waals surface area (Å²) in [6.07, 6.45) is 1.83. The van der Waals surface area contributed by atoms with E-state index in [9.17, 15) is 9.59 Å². The maximum absolute atomic E-state index is 13.2. The predicted molar refractivity (Wildman–Crippen MR) is 148 cm³/mol. The van der Waals surface area contributed by atoms with Gasteiger partial charge in [0.1, 0.15) is 18.0 Å². The molecule has 9 heteroatoms. The van der Waals surface area contributed by atoms with Crippen molar-refractivity contribution in [2.75, 3.05) is 26.1 Å². The van der Waals surface area contributed by atoms with Crippen LogP contribution in [-0.2, 0) is 4.79 Å². The molecular weight excluding hydrogens is 504 g/mol. The van der Waals surface area contributed by atoms with Crippen LogP contribution in [0.4, 0.5) is 5.95 Å². The van der Waals surface area contributed by atoms with Gasteiger partial charge in [-0.05, 0) is 62.4 Å². The van der Waals surface area contributed by atoms with E-state index in [-0.39, 0.29) is 18.5 Å². The number of ether oxygens (including phenoxy) is 2. The van der Waals surface area contributed by atoms with Gasteiger partial charge >= 0.3 is 0 Å². The van der Waals surface area contributed by atoms with Crippen LogP contribution in [0.15, 0.2) is 79.0 Å². The van der Waals surface area contributed by atoms with E-state index in [0.717, 1.165) is 11.3 Å². The topological polar surface area (TPSA) is 85.7 Å². The average molecular weight is 533 g/mol. The van der Waals surface area contributed by atoms with Crippen LogP contribution in [0.3, 0.4) is 0 Å². The van der Waals surface area contributed by atoms with Gasteiger partial charge in [0, 0.05) is 23.5 Å². The molecule has 4 rings (SSSR count). The summed E-state index contributed by atoms with van der Waals surface area (Å²) in [5, 5.41) is 3.22. The summed E-state index contributed by atoms with van der Waals surface area (Å²) in [6.45, 7) is 3.52. The minimum absolute atomic E-state index is 0.175. The fourth-order valence-electron chi connectivity index (χ4n) is 3.93. The quantitative estimate of drug-likeness (QED) is 0.299. The van der Waals surface area contributed by atoms with E-state index < -0.39 is 5.91 Å². The lowest BCUT2D eigenvalue weighted by molar-refractivity contribution is -0.117. The number of methoxy groups -OCH3 is 2. The van der Waals surface area contributed by atoms with Crippen molar-refractivity contribution in [3.8, 4) is 28.4 Å². The monoisotopic (exact) mass is 532 g/mol. The molecule has 0 bridgehead atoms. The molecule has 0 saturated heterocycles. The Morgan fingerprint density at radius 3 is 2.34 bits per heavy atom. The minimum Gasteiger partial charge on any atom is -0.497 e. The van der Waals surface area contributed by atoms with Crippen LogP contribution in [0.1, 0.15) is 24.2 Å². The van der Waals surface area contributed by atoms with E-state index in [1.54, 1.807) is 43.1 Å². The largest absolute Gasteiger partial charge is 0.497 e. The number of aromatic nitrogens is 2. The number of hydrogen-bond donors (Lipinski definition) is 1. The summed E-state index contributed by atoms with van der Waals surface area (Å²) >= 11 is 6.25. The van der Waals surface area contributed by atoms with Crippen LogP contribution in [0.5, 0.6) is 11.5 Å². The highest BCUT2D eigenvalue weighted by atomic mass is 35.5. The van der Waals surface area contributed by atoms with Gasteiger partial charge in [-0.25, -0.2) is 4.98 Å². The van der Waals surface area contributed by atoms with Gasteiger partial charge in [-0.15, -0.1) is 0 Å². The van der Waals surface area contributed by atoms with Gasteiger partial charge in [0.15, 0.2) is 0 Å². The van der Waals surface area contributed by atoms with Crippen molar-refractivity contribution in [1.29, 1.82) is 0 Å². The van der Waals surface area contributed by atoms with Gasteiger partial charge in [-0.3, -0.25) is 19.5 Å². The van der Waals surface area contributed by atoms with Crippen LogP contribution >= 0.6 is 11.6 Å². The minimum atomic E-state index is -0.392. The lowest BCUT2D eigenvalue weighted by Crippen LogP contribution is -2.42. The Hall–Kier alpha value is -4.30. The van der Waals surface area contributed by atoms with Crippen LogP contribution in [0.2, 0.25) is 5.02 Å². The number of carbonyl (C=O) groups excluding carboxylic acids is 2. The van der Waals surface area contributed by atoms with E-state index in [4.69, 9.17) is 26.1 Å². The van der Waals surface area contributed by atoms with Crippen molar-refractivity contribution in [3.63, 3.8) is 0 Å². The molecule has 0 fully saturated rings. The molecule has 8 nitrogen and oxygen atoms in total. The Morgan fingerprint density at radius 2 is 1.68 bits per heavy atom. The molecular formula is C29H29ClN4O4. The Morgan fingerprint density at radius 1 is 0.974 bits per heavy atom. The highest BCUT2D eigenvalue weighted by molar-refractivity contribution is 6.33. The Balaban J connectivity index is 1.65. The van der Waals surface area contributed by atoms with Gasteiger partial charge in [0.2, 0.25) is 11.9 Å². The van der Waals surface area contributed by atoms with E-state index in [1.807, 2.05) is 68.6 Å². The maximum Gasteiger partial charge on any atom is 0.256 e. The fourth-order valence-corrected chi connectivity index (χ4v) is 4.14. The summed E-state index contributed by atoms with van der Waals surface area (Å²) < 4.78 is 12.4. The number of amides is 2. The lowest BCUT2D eigenvalue weighted by Gasteiger charge is -2.26. The third kappa shape index (κ3) is 5.98. The maximum atomic E-state index is 13.2. The normalized spacial score (nSPS) is 10.8. The first-order valence-corrected chi connectivity index (χ1v) is 12.4. The lowest BCUT2D eigenvalue weighted by atomic mass is 10.1. The van der Waals surface area contributed by atoms with Crippen LogP contribution in [0.25, 0.3) is 16.9 Å². The summed E-state index contributed by atoms with van der Waals surface area (Å²) in [7, 11) is 3.20. The molecule has 4 aromatic rings. The molecule has 0 aliphatic rings. The summed E-state index contributed by atoms with van der Waals surface area (Å²) in [5.74, 6) is 0.996. The number of benzene rings is 3. The van der Waals surface area contributed by atoms with Crippen molar-refractivity contribution >= 4 is 29.4 Å². The molecule has 38 heavy (non-hydrogen) atoms. The summed E-state index contributed by atoms with van der Waals surface area (Å²) in [4.78, 5) is 32.6. The third-order valence-electron chi connectivity index (χ3n) is 5.98. The van der Waals surface area contributed by atoms with Gasteiger partial charge in [0.05, 0.1) is 30.5 Å². The van der Waals surface area contributed by atoms with E-state index in [2.05, 4.69) is 5.32 Å². The van der Waals surface area contributed by atoms with Crippen molar-refractivity contribution < 1.29 is 19.1 Å². The Kier molecular flexibility index (Phi) is 8.33. The van der Waals surface area contributed by atoms with Crippen molar-refractivity contribution in [3.05, 3.63) is 89.6 Å². The van der Waals surface area contributed by atoms with Crippen molar-refractivity contribution in [1.82, 2.24) is 14.5 Å². The standard InChI is InChI=1S/C29H29ClN4O4/c1-19(2)33(28(36)24-10-5-6-11-25(24)30)18-27(35)32-29-31-26(20-8-7-9-23(16-20)38-4)17-34(29)21-12-14-22(37-3)15-13-21/h5-17,19H,18H2,1-4H3,(H,31,32,35). The number of halogens is 1. The summed E-state index contributed by atoms with van der Waals surface area (Å²) in [5.41, 5.74) is 2.58. The van der Waals surface area contributed by atoms with Crippen LogP contribution in [-0.4, -0.2) is 53.1 Å². The molecule has 3 aromatic carbocycles. The fraction of sp³-hybridized carbons (Fsp3) is 0.207. The SMILES string of the molecule is COc1ccc(-n2cc(-c3cccc(OC)c3)nc2NC(=O)CN(C(=O)c2ccccc2Cl)C(C)C)cc1. The van der Waals surface area contributed by atoms with Crippen molar-refractivity contribution in [2.45, 2.75) is 19.9 Å². The van der Waals surface area contributed by atoms with E-state index in [0.29, 0.717) is 33.7 Å². The number of hydrogen-bond acceptors (Lipinski definition) is 5. The first kappa shape index (κ1) is 26.8. The first-order valence-electron chi connectivity index (χ1n) is 12.0. The second-order valence-electron chi connectivity index (χ2n) is 8.80. The molecule has 1 N–H and O–H groups in total. The molecule has 2 amide bonds. The smallest absolute Gasteiger partial charge is 0.256 e. The van der Waals surface area contributed by atoms with Crippen LogP contribution < -0.4 is 14.8 Å². The number of rotatable bonds is 9. The molecule has 0 spiro atoms. The second-order valence-corrected chi connectivity index (χ2v) is 9.21. The summed E-state index contributed by atoms with van der Waals surface area (Å²) in [6, 6.07) is 21.5. The molecule has 1 heterocycles. The van der Waals surface area contributed by atoms with Crippen LogP contribution in [0, 0.1) is 0 Å². The zero-order valence-electron chi connectivity index (χ0n) is 21.6. The van der Waals surface area contributed by atoms with Gasteiger partial charge in [-0.1, -0.05) is 35.9 Å². The molecule has 0 radical (unpaired) electrons. The van der Waals surface area contributed by atoms with E-state index >= 15 is 0 Å². The molecule has 0 atom stereocenters. The molecule has 0 aliphatic heterocycles. The number of anilines is 1. The number of imidazole rings is 1. The van der Waals surface area contributed by atoms with E-state index in [1.165, 1.54) is 4.90 Å².